The van der Waals surface area contributed by atoms with E-state index in [0.717, 1.165) is 10.1 Å². The van der Waals surface area contributed by atoms with Crippen molar-refractivity contribution in [2.75, 3.05) is 5.32 Å². The summed E-state index contributed by atoms with van der Waals surface area (Å²) in [5.74, 6) is -1.06. The first-order chi connectivity index (χ1) is 8.65. The number of nitrogens with one attached hydrogen (secondary N) is 1. The van der Waals surface area contributed by atoms with Crippen LogP contribution in [0.5, 0.6) is 0 Å². The maximum atomic E-state index is 11.4. The summed E-state index contributed by atoms with van der Waals surface area (Å²) in [6, 6.07) is 5.20. The van der Waals surface area contributed by atoms with Gasteiger partial charge < -0.3 is 5.32 Å². The Morgan fingerprint density at radius 3 is 2.89 bits per heavy atom. The molecule has 0 spiro atoms. The van der Waals surface area contributed by atoms with Crippen LogP contribution in [0.4, 0.5) is 5.69 Å². The van der Waals surface area contributed by atoms with Crippen molar-refractivity contribution in [2.45, 2.75) is 10.1 Å². The van der Waals surface area contributed by atoms with Gasteiger partial charge in [-0.05, 0) is 18.2 Å². The third-order valence-corrected chi connectivity index (χ3v) is 3.61. The molecule has 1 aliphatic rings. The van der Waals surface area contributed by atoms with Crippen molar-refractivity contribution in [3.05, 3.63) is 30.1 Å². The normalized spacial score (nSPS) is 13.6. The van der Waals surface area contributed by atoms with Crippen molar-refractivity contribution in [3.8, 4) is 0 Å². The zero-order chi connectivity index (χ0) is 12.7. The highest BCUT2D eigenvalue weighted by atomic mass is 32.2. The fourth-order valence-corrected chi connectivity index (χ4v) is 2.48. The first-order valence-electron chi connectivity index (χ1n) is 5.17. The minimum atomic E-state index is -0.578. The largest absolute Gasteiger partial charge is 0.318 e. The number of aromatic nitrogens is 3. The summed E-state index contributed by atoms with van der Waals surface area (Å²) in [5.41, 5.74) is 0.972. The first-order valence-corrected chi connectivity index (χ1v) is 5.98. The summed E-state index contributed by atoms with van der Waals surface area (Å²) in [6.07, 6.45) is 1.47. The van der Waals surface area contributed by atoms with E-state index in [0.29, 0.717) is 11.3 Å². The first kappa shape index (κ1) is 11.0. The molecule has 1 N–H and O–H groups in total. The maximum absolute atomic E-state index is 11.4. The van der Waals surface area contributed by atoms with Gasteiger partial charge in [0, 0.05) is 11.9 Å². The quantitative estimate of drug-likeness (QED) is 0.818. The Balaban J connectivity index is 1.93. The van der Waals surface area contributed by atoms with E-state index in [1.54, 1.807) is 29.9 Å². The number of carbonyl (C=O) groups excluding carboxylic acids is 2. The smallest absolute Gasteiger partial charge is 0.296 e. The summed E-state index contributed by atoms with van der Waals surface area (Å²) in [5, 5.41) is 7.25. The molecule has 0 fully saturated rings. The van der Waals surface area contributed by atoms with Gasteiger partial charge in [-0.2, -0.15) is 5.10 Å². The monoisotopic (exact) mass is 260 g/mol. The predicted molar refractivity (Wildman–Crippen MR) is 64.5 cm³/mol. The number of amides is 1. The Labute approximate surface area is 106 Å². The maximum Gasteiger partial charge on any atom is 0.296 e. The van der Waals surface area contributed by atoms with Crippen molar-refractivity contribution in [1.29, 1.82) is 0 Å². The van der Waals surface area contributed by atoms with Gasteiger partial charge in [-0.25, -0.2) is 9.67 Å². The molecule has 6 nitrogen and oxygen atoms in total. The molecule has 2 heterocycles. The van der Waals surface area contributed by atoms with Crippen molar-refractivity contribution < 1.29 is 9.59 Å². The lowest BCUT2D eigenvalue weighted by atomic mass is 10.1. The summed E-state index contributed by atoms with van der Waals surface area (Å²) in [6.45, 7) is 0. The molecule has 0 aliphatic carbocycles. The van der Waals surface area contributed by atoms with E-state index < -0.39 is 11.7 Å². The number of carbonyl (C=O) groups is 2. The number of anilines is 1. The highest BCUT2D eigenvalue weighted by Gasteiger charge is 2.27. The van der Waals surface area contributed by atoms with Crippen LogP contribution in [0.2, 0.25) is 0 Å². The average Bonchev–Trinajstić information content (AvgIpc) is 2.86. The van der Waals surface area contributed by atoms with E-state index in [-0.39, 0.29) is 0 Å². The molecule has 90 valence electrons. The summed E-state index contributed by atoms with van der Waals surface area (Å²) in [7, 11) is 1.80. The van der Waals surface area contributed by atoms with Crippen LogP contribution in [-0.4, -0.2) is 26.5 Å². The SMILES string of the molecule is Cn1ncnc1Sc1ccc2c(c1)NC(=O)C2=O. The molecule has 0 saturated carbocycles. The molecule has 0 atom stereocenters. The molecule has 0 unspecified atom stereocenters. The molecule has 1 aromatic carbocycles. The molecule has 0 bridgehead atoms. The van der Waals surface area contributed by atoms with Gasteiger partial charge in [0.25, 0.3) is 11.7 Å². The topological polar surface area (TPSA) is 76.9 Å². The van der Waals surface area contributed by atoms with Crippen molar-refractivity contribution in [3.63, 3.8) is 0 Å². The van der Waals surface area contributed by atoms with Crippen LogP contribution in [0.15, 0.2) is 34.6 Å². The van der Waals surface area contributed by atoms with Gasteiger partial charge in [-0.3, -0.25) is 9.59 Å². The van der Waals surface area contributed by atoms with Crippen LogP contribution in [0.1, 0.15) is 10.4 Å². The van der Waals surface area contributed by atoms with Gasteiger partial charge >= 0.3 is 0 Å². The molecular formula is C11H8N4O2S. The van der Waals surface area contributed by atoms with Gasteiger partial charge in [0.15, 0.2) is 5.16 Å². The lowest BCUT2D eigenvalue weighted by Crippen LogP contribution is -2.12. The summed E-state index contributed by atoms with van der Waals surface area (Å²) >= 11 is 1.42. The fraction of sp³-hybridized carbons (Fsp3) is 0.0909. The van der Waals surface area contributed by atoms with E-state index in [1.165, 1.54) is 18.1 Å². The molecule has 18 heavy (non-hydrogen) atoms. The Morgan fingerprint density at radius 1 is 1.33 bits per heavy atom. The van der Waals surface area contributed by atoms with Crippen molar-refractivity contribution in [2.24, 2.45) is 7.05 Å². The average molecular weight is 260 g/mol. The second-order valence-corrected chi connectivity index (χ2v) is 4.80. The van der Waals surface area contributed by atoms with E-state index in [2.05, 4.69) is 15.4 Å². The van der Waals surface area contributed by atoms with Gasteiger partial charge in [-0.1, -0.05) is 11.8 Å². The number of Topliss-reactive ketones (excluding diaryl/α,β-unsaturated/α-hetero) is 1. The van der Waals surface area contributed by atoms with E-state index in [1.807, 2.05) is 0 Å². The van der Waals surface area contributed by atoms with Crippen molar-refractivity contribution in [1.82, 2.24) is 14.8 Å². The lowest BCUT2D eigenvalue weighted by molar-refractivity contribution is -0.112. The van der Waals surface area contributed by atoms with Crippen molar-refractivity contribution >= 4 is 29.1 Å². The van der Waals surface area contributed by atoms with Gasteiger partial charge in [0.2, 0.25) is 0 Å². The highest BCUT2D eigenvalue weighted by Crippen LogP contribution is 2.31. The Kier molecular flexibility index (Phi) is 2.41. The second-order valence-electron chi connectivity index (χ2n) is 3.76. The zero-order valence-electron chi connectivity index (χ0n) is 9.38. The molecule has 0 radical (unpaired) electrons. The number of fused-ring (bicyclic) bond motifs is 1. The molecule has 2 aromatic rings. The molecule has 1 amide bonds. The van der Waals surface area contributed by atoms with Crippen LogP contribution in [0, 0.1) is 0 Å². The summed E-state index contributed by atoms with van der Waals surface area (Å²) in [4.78, 5) is 27.6. The van der Waals surface area contributed by atoms with E-state index >= 15 is 0 Å². The molecule has 1 aliphatic heterocycles. The molecule has 0 saturated heterocycles. The molecule has 7 heteroatoms. The number of nitrogens with zero attached hydrogens (tertiary/aromatic N) is 3. The number of aryl methyl sites for hydroxylation is 1. The minimum Gasteiger partial charge on any atom is -0.318 e. The van der Waals surface area contributed by atoms with E-state index in [9.17, 15) is 9.59 Å². The number of hydrogen-bond donors (Lipinski definition) is 1. The van der Waals surface area contributed by atoms with Gasteiger partial charge in [0.1, 0.15) is 6.33 Å². The fourth-order valence-electron chi connectivity index (χ4n) is 1.67. The number of benzene rings is 1. The Bertz CT molecular complexity index is 665. The van der Waals surface area contributed by atoms with Gasteiger partial charge in [0.05, 0.1) is 11.3 Å². The molecule has 3 rings (SSSR count). The number of ketones is 1. The second kappa shape index (κ2) is 3.95. The minimum absolute atomic E-state index is 0.419. The molecular weight excluding hydrogens is 252 g/mol. The predicted octanol–water partition coefficient (Wildman–Crippen LogP) is 1.10. The van der Waals surface area contributed by atoms with Crippen LogP contribution in [0.3, 0.4) is 0 Å². The highest BCUT2D eigenvalue weighted by molar-refractivity contribution is 7.99. The van der Waals surface area contributed by atoms with Gasteiger partial charge in [-0.15, -0.1) is 0 Å². The van der Waals surface area contributed by atoms with Crippen LogP contribution < -0.4 is 5.32 Å². The standard InChI is InChI=1S/C11H8N4O2S/c1-15-11(12-5-13-15)18-6-2-3-7-8(4-6)14-10(17)9(7)16/h2-5H,1H3,(H,14,16,17). The van der Waals surface area contributed by atoms with Crippen LogP contribution >= 0.6 is 11.8 Å². The lowest BCUT2D eigenvalue weighted by Gasteiger charge is -2.02. The Hall–Kier alpha value is -2.15. The van der Waals surface area contributed by atoms with Crippen LogP contribution in [-0.2, 0) is 11.8 Å². The number of rotatable bonds is 2. The Morgan fingerprint density at radius 2 is 2.17 bits per heavy atom. The third-order valence-electron chi connectivity index (χ3n) is 2.57. The van der Waals surface area contributed by atoms with E-state index in [4.69, 9.17) is 0 Å². The molecule has 1 aromatic heterocycles. The number of hydrogen-bond acceptors (Lipinski definition) is 5. The zero-order valence-corrected chi connectivity index (χ0v) is 10.2. The third kappa shape index (κ3) is 1.68. The van der Waals surface area contributed by atoms with Crippen LogP contribution in [0.25, 0.3) is 0 Å². The summed E-state index contributed by atoms with van der Waals surface area (Å²) < 4.78 is 1.65.